The van der Waals surface area contributed by atoms with E-state index in [0.717, 1.165) is 16.3 Å². The van der Waals surface area contributed by atoms with E-state index < -0.39 is 17.7 Å². The van der Waals surface area contributed by atoms with Gasteiger partial charge in [-0.2, -0.15) is 0 Å². The highest BCUT2D eigenvalue weighted by Gasteiger charge is 2.25. The van der Waals surface area contributed by atoms with Crippen molar-refractivity contribution < 1.29 is 14.3 Å². The molecule has 0 aliphatic heterocycles. The molecule has 0 saturated carbocycles. The van der Waals surface area contributed by atoms with Gasteiger partial charge in [-0.1, -0.05) is 55.1 Å². The third kappa shape index (κ3) is 4.99. The van der Waals surface area contributed by atoms with Crippen molar-refractivity contribution >= 4 is 33.7 Å². The van der Waals surface area contributed by atoms with Crippen molar-refractivity contribution in [2.24, 2.45) is 0 Å². The highest BCUT2D eigenvalue weighted by molar-refractivity contribution is 8.13. The van der Waals surface area contributed by atoms with Crippen molar-refractivity contribution in [2.75, 3.05) is 5.75 Å². The summed E-state index contributed by atoms with van der Waals surface area (Å²) in [6.07, 6.45) is -0.592. The van der Waals surface area contributed by atoms with Crippen LogP contribution in [0.2, 0.25) is 0 Å². The van der Waals surface area contributed by atoms with Crippen LogP contribution in [-0.4, -0.2) is 22.6 Å². The number of fused-ring (bicyclic) bond motifs is 1. The van der Waals surface area contributed by atoms with Gasteiger partial charge in [0.2, 0.25) is 5.12 Å². The van der Waals surface area contributed by atoms with Crippen LogP contribution in [0, 0.1) is 0 Å². The Morgan fingerprint density at radius 1 is 1.12 bits per heavy atom. The maximum absolute atomic E-state index is 12.5. The predicted molar refractivity (Wildman–Crippen MR) is 99.2 cm³/mol. The topological polar surface area (TPSA) is 55.4 Å². The molecule has 0 saturated heterocycles. The molecule has 0 heterocycles. The van der Waals surface area contributed by atoms with Gasteiger partial charge in [-0.05, 0) is 48.9 Å². The first-order valence-corrected chi connectivity index (χ1v) is 8.93. The lowest BCUT2D eigenvalue weighted by Crippen LogP contribution is -2.37. The molecule has 0 aliphatic carbocycles. The SMILES string of the molecule is CCSC(=O)[C@H](NC(=O)OC(C)(C)C)c1ccc2ccccc2c1. The number of nitrogens with one attached hydrogen (secondary N) is 1. The summed E-state index contributed by atoms with van der Waals surface area (Å²) in [4.78, 5) is 24.6. The van der Waals surface area contributed by atoms with Crippen LogP contribution in [0.15, 0.2) is 42.5 Å². The summed E-state index contributed by atoms with van der Waals surface area (Å²) in [5, 5.41) is 4.73. The fourth-order valence-corrected chi connectivity index (χ4v) is 2.96. The van der Waals surface area contributed by atoms with E-state index in [1.54, 1.807) is 20.8 Å². The Morgan fingerprint density at radius 2 is 1.79 bits per heavy atom. The third-order valence-electron chi connectivity index (χ3n) is 3.29. The van der Waals surface area contributed by atoms with E-state index in [4.69, 9.17) is 4.74 Å². The Morgan fingerprint density at radius 3 is 2.42 bits per heavy atom. The standard InChI is InChI=1S/C19H23NO3S/c1-5-24-17(21)16(20-18(22)23-19(2,3)4)15-11-10-13-8-6-7-9-14(13)12-15/h6-12,16H,5H2,1-4H3,(H,20,22)/t16-/m1/s1. The van der Waals surface area contributed by atoms with E-state index in [9.17, 15) is 9.59 Å². The van der Waals surface area contributed by atoms with Gasteiger partial charge in [0.05, 0.1) is 0 Å². The van der Waals surface area contributed by atoms with E-state index >= 15 is 0 Å². The molecule has 0 aromatic heterocycles. The van der Waals surface area contributed by atoms with Crippen LogP contribution in [0.25, 0.3) is 10.8 Å². The van der Waals surface area contributed by atoms with Crippen LogP contribution < -0.4 is 5.32 Å². The van der Waals surface area contributed by atoms with Crippen LogP contribution in [0.1, 0.15) is 39.3 Å². The number of ether oxygens (including phenoxy) is 1. The molecule has 24 heavy (non-hydrogen) atoms. The summed E-state index contributed by atoms with van der Waals surface area (Å²) in [6.45, 7) is 7.29. The van der Waals surface area contributed by atoms with Crippen molar-refractivity contribution in [1.29, 1.82) is 0 Å². The number of thioether (sulfide) groups is 1. The number of carbonyl (C=O) groups excluding carboxylic acids is 2. The molecule has 2 aromatic rings. The van der Waals surface area contributed by atoms with Crippen LogP contribution in [0.3, 0.4) is 0 Å². The molecule has 0 fully saturated rings. The fraction of sp³-hybridized carbons (Fsp3) is 0.368. The number of alkyl carbamates (subject to hydrolysis) is 1. The number of hydrogen-bond donors (Lipinski definition) is 1. The number of amides is 1. The maximum Gasteiger partial charge on any atom is 0.408 e. The molecule has 1 atom stereocenters. The Bertz CT molecular complexity index is 737. The van der Waals surface area contributed by atoms with Crippen LogP contribution in [0.4, 0.5) is 4.79 Å². The highest BCUT2D eigenvalue weighted by atomic mass is 32.2. The average Bonchev–Trinajstić information content (AvgIpc) is 2.50. The zero-order valence-electron chi connectivity index (χ0n) is 14.5. The summed E-state index contributed by atoms with van der Waals surface area (Å²) in [6, 6.07) is 13.0. The highest BCUT2D eigenvalue weighted by Crippen LogP contribution is 2.25. The molecular weight excluding hydrogens is 322 g/mol. The molecule has 2 rings (SSSR count). The molecule has 0 bridgehead atoms. The van der Waals surface area contributed by atoms with Gasteiger partial charge in [-0.15, -0.1) is 0 Å². The first-order chi connectivity index (χ1) is 11.3. The van der Waals surface area contributed by atoms with Gasteiger partial charge in [0.1, 0.15) is 11.6 Å². The lowest BCUT2D eigenvalue weighted by atomic mass is 10.0. The summed E-state index contributed by atoms with van der Waals surface area (Å²) in [5.74, 6) is 0.652. The zero-order valence-corrected chi connectivity index (χ0v) is 15.3. The molecule has 2 aromatic carbocycles. The van der Waals surface area contributed by atoms with Crippen molar-refractivity contribution in [3.05, 3.63) is 48.0 Å². The van der Waals surface area contributed by atoms with Gasteiger partial charge in [-0.25, -0.2) is 4.79 Å². The third-order valence-corrected chi connectivity index (χ3v) is 4.10. The molecular formula is C19H23NO3S. The van der Waals surface area contributed by atoms with Gasteiger partial charge in [0.25, 0.3) is 0 Å². The average molecular weight is 345 g/mol. The van der Waals surface area contributed by atoms with E-state index in [1.165, 1.54) is 11.8 Å². The largest absolute Gasteiger partial charge is 0.444 e. The van der Waals surface area contributed by atoms with Gasteiger partial charge in [-0.3, -0.25) is 4.79 Å². The van der Waals surface area contributed by atoms with E-state index in [1.807, 2.05) is 49.4 Å². The molecule has 0 radical (unpaired) electrons. The van der Waals surface area contributed by atoms with Crippen molar-refractivity contribution in [1.82, 2.24) is 5.32 Å². The van der Waals surface area contributed by atoms with Gasteiger partial charge in [0.15, 0.2) is 0 Å². The van der Waals surface area contributed by atoms with Gasteiger partial charge >= 0.3 is 6.09 Å². The van der Waals surface area contributed by atoms with E-state index in [-0.39, 0.29) is 5.12 Å². The Hall–Kier alpha value is -2.01. The number of carbonyl (C=O) groups is 2. The number of benzene rings is 2. The minimum atomic E-state index is -0.727. The van der Waals surface area contributed by atoms with Gasteiger partial charge in [0, 0.05) is 0 Å². The smallest absolute Gasteiger partial charge is 0.408 e. The molecule has 128 valence electrons. The van der Waals surface area contributed by atoms with E-state index in [0.29, 0.717) is 5.75 Å². The monoisotopic (exact) mass is 345 g/mol. The van der Waals surface area contributed by atoms with Crippen molar-refractivity contribution in [3.63, 3.8) is 0 Å². The number of rotatable bonds is 4. The minimum Gasteiger partial charge on any atom is -0.444 e. The summed E-state index contributed by atoms with van der Waals surface area (Å²) < 4.78 is 5.29. The van der Waals surface area contributed by atoms with Crippen LogP contribution in [0.5, 0.6) is 0 Å². The van der Waals surface area contributed by atoms with Gasteiger partial charge < -0.3 is 10.1 Å². The van der Waals surface area contributed by atoms with Crippen molar-refractivity contribution in [3.8, 4) is 0 Å². The quantitative estimate of drug-likeness (QED) is 0.874. The molecule has 4 nitrogen and oxygen atoms in total. The molecule has 1 amide bonds. The summed E-state index contributed by atoms with van der Waals surface area (Å²) in [5.41, 5.74) is 0.143. The maximum atomic E-state index is 12.5. The molecule has 0 spiro atoms. The normalized spacial score (nSPS) is 12.7. The van der Waals surface area contributed by atoms with Crippen LogP contribution >= 0.6 is 11.8 Å². The lowest BCUT2D eigenvalue weighted by Gasteiger charge is -2.23. The first-order valence-electron chi connectivity index (χ1n) is 7.95. The fourth-order valence-electron chi connectivity index (χ4n) is 2.32. The second-order valence-corrected chi connectivity index (χ2v) is 7.71. The van der Waals surface area contributed by atoms with Crippen molar-refractivity contribution in [2.45, 2.75) is 39.3 Å². The molecule has 1 N–H and O–H groups in total. The summed E-state index contributed by atoms with van der Waals surface area (Å²) >= 11 is 1.19. The Balaban J connectivity index is 2.30. The predicted octanol–water partition coefficient (Wildman–Crippen LogP) is 4.69. The second-order valence-electron chi connectivity index (χ2n) is 6.44. The minimum absolute atomic E-state index is 0.0985. The number of hydrogen-bond acceptors (Lipinski definition) is 4. The Labute approximate surface area is 147 Å². The van der Waals surface area contributed by atoms with E-state index in [2.05, 4.69) is 5.32 Å². The first kappa shape index (κ1) is 18.3. The zero-order chi connectivity index (χ0) is 17.7. The molecule has 5 heteroatoms. The second kappa shape index (κ2) is 7.71. The van der Waals surface area contributed by atoms with Crippen LogP contribution in [-0.2, 0) is 9.53 Å². The molecule has 0 unspecified atom stereocenters. The Kier molecular flexibility index (Phi) is 5.89. The lowest BCUT2D eigenvalue weighted by molar-refractivity contribution is -0.113. The summed E-state index contributed by atoms with van der Waals surface area (Å²) in [7, 11) is 0. The molecule has 0 aliphatic rings.